The number of anilines is 1. The summed E-state index contributed by atoms with van der Waals surface area (Å²) in [5.74, 6) is 0.871. The third-order valence-electron chi connectivity index (χ3n) is 5.24. The Kier molecular flexibility index (Phi) is 6.41. The van der Waals surface area contributed by atoms with Gasteiger partial charge < -0.3 is 20.9 Å². The van der Waals surface area contributed by atoms with E-state index in [1.165, 1.54) is 5.56 Å². The van der Waals surface area contributed by atoms with Crippen molar-refractivity contribution < 1.29 is 9.84 Å². The first-order chi connectivity index (χ1) is 14.7. The van der Waals surface area contributed by atoms with E-state index in [0.717, 1.165) is 39.1 Å². The van der Waals surface area contributed by atoms with Gasteiger partial charge in [0.1, 0.15) is 17.5 Å². The fraction of sp³-hybridized carbons (Fsp3) is 0.304. The Morgan fingerprint density at radius 3 is 2.53 bits per heavy atom. The molecule has 1 atom stereocenters. The van der Waals surface area contributed by atoms with Crippen molar-refractivity contribution in [3.8, 4) is 22.8 Å². The molecule has 0 spiro atoms. The van der Waals surface area contributed by atoms with Crippen molar-refractivity contribution in [3.05, 3.63) is 66.2 Å². The van der Waals surface area contributed by atoms with Gasteiger partial charge in [0.25, 0.3) is 0 Å². The summed E-state index contributed by atoms with van der Waals surface area (Å²) in [5.41, 5.74) is 8.42. The normalized spacial score (nSPS) is 15.6. The van der Waals surface area contributed by atoms with Gasteiger partial charge in [-0.25, -0.2) is 0 Å². The molecule has 7 nitrogen and oxygen atoms in total. The molecule has 3 aromatic rings. The Bertz CT molecular complexity index is 961. The third kappa shape index (κ3) is 5.06. The van der Waals surface area contributed by atoms with Gasteiger partial charge in [-0.3, -0.25) is 4.90 Å². The number of nitrogens with two attached hydrogens (primary N) is 1. The van der Waals surface area contributed by atoms with Crippen LogP contribution in [0.25, 0.3) is 11.3 Å². The highest BCUT2D eigenvalue weighted by Crippen LogP contribution is 2.31. The number of hydrogen-bond donors (Lipinski definition) is 3. The van der Waals surface area contributed by atoms with E-state index in [-0.39, 0.29) is 17.7 Å². The smallest absolute Gasteiger partial charge is 0.188 e. The van der Waals surface area contributed by atoms with Crippen LogP contribution in [0.5, 0.6) is 11.5 Å². The fourth-order valence-corrected chi connectivity index (χ4v) is 3.68. The molecule has 4 N–H and O–H groups in total. The number of nitrogen functional groups attached to an aromatic ring is 1. The second-order valence-electron chi connectivity index (χ2n) is 7.48. The minimum Gasteiger partial charge on any atom is -0.507 e. The maximum atomic E-state index is 10.2. The SMILES string of the molecule is Nc1nnc(-c2ccccc2O)cc1OC(Cc1ccccc1)CN1CCNCC1. The molecule has 0 bridgehead atoms. The standard InChI is InChI=1S/C23H27N5O2/c24-23-22(15-20(26-27-23)19-8-4-5-9-21(19)29)30-18(14-17-6-2-1-3-7-17)16-28-12-10-25-11-13-28/h1-9,15,18,25,29H,10-14,16H2,(H2,24,27). The van der Waals surface area contributed by atoms with Crippen LogP contribution in [-0.4, -0.2) is 59.0 Å². The van der Waals surface area contributed by atoms with Crippen molar-refractivity contribution in [1.82, 2.24) is 20.4 Å². The molecule has 156 valence electrons. The summed E-state index contributed by atoms with van der Waals surface area (Å²) in [6, 6.07) is 19.1. The van der Waals surface area contributed by atoms with Gasteiger partial charge in [0.05, 0.1) is 0 Å². The van der Waals surface area contributed by atoms with Crippen molar-refractivity contribution in [2.24, 2.45) is 0 Å². The Morgan fingerprint density at radius 2 is 1.77 bits per heavy atom. The first kappa shape index (κ1) is 20.1. The molecule has 30 heavy (non-hydrogen) atoms. The summed E-state index contributed by atoms with van der Waals surface area (Å²) in [6.45, 7) is 4.73. The number of ether oxygens (including phenoxy) is 1. The average Bonchev–Trinajstić information content (AvgIpc) is 2.77. The number of phenols is 1. The van der Waals surface area contributed by atoms with E-state index < -0.39 is 0 Å². The second kappa shape index (κ2) is 9.56. The maximum absolute atomic E-state index is 10.2. The molecule has 2 heterocycles. The van der Waals surface area contributed by atoms with Gasteiger partial charge in [-0.05, 0) is 17.7 Å². The Labute approximate surface area is 176 Å². The van der Waals surface area contributed by atoms with E-state index in [1.807, 2.05) is 24.3 Å². The van der Waals surface area contributed by atoms with Gasteiger partial charge in [0, 0.05) is 50.8 Å². The molecule has 4 rings (SSSR count). The molecule has 1 fully saturated rings. The van der Waals surface area contributed by atoms with Crippen LogP contribution in [0.15, 0.2) is 60.7 Å². The molecule has 1 unspecified atom stereocenters. The second-order valence-corrected chi connectivity index (χ2v) is 7.48. The summed E-state index contributed by atoms with van der Waals surface area (Å²) < 4.78 is 6.38. The number of hydrogen-bond acceptors (Lipinski definition) is 7. The van der Waals surface area contributed by atoms with Crippen LogP contribution in [0.3, 0.4) is 0 Å². The molecular formula is C23H27N5O2. The maximum Gasteiger partial charge on any atom is 0.188 e. The molecular weight excluding hydrogens is 378 g/mol. The fourth-order valence-electron chi connectivity index (χ4n) is 3.68. The molecule has 1 aliphatic rings. The number of nitrogens with one attached hydrogen (secondary N) is 1. The molecule has 1 aliphatic heterocycles. The van der Waals surface area contributed by atoms with E-state index >= 15 is 0 Å². The molecule has 2 aromatic carbocycles. The quantitative estimate of drug-likeness (QED) is 0.555. The zero-order chi connectivity index (χ0) is 20.8. The molecule has 0 amide bonds. The molecule has 7 heteroatoms. The zero-order valence-electron chi connectivity index (χ0n) is 16.9. The minimum atomic E-state index is -0.0887. The number of aromatic nitrogens is 2. The number of aromatic hydroxyl groups is 1. The molecule has 1 aromatic heterocycles. The number of rotatable bonds is 7. The van der Waals surface area contributed by atoms with Crippen LogP contribution < -0.4 is 15.8 Å². The highest BCUT2D eigenvalue weighted by atomic mass is 16.5. The Morgan fingerprint density at radius 1 is 1.03 bits per heavy atom. The monoisotopic (exact) mass is 405 g/mol. The van der Waals surface area contributed by atoms with Crippen molar-refractivity contribution in [1.29, 1.82) is 0 Å². The number of benzene rings is 2. The number of nitrogens with zero attached hydrogens (tertiary/aromatic N) is 3. The van der Waals surface area contributed by atoms with Gasteiger partial charge in [-0.15, -0.1) is 10.2 Å². The molecule has 1 saturated heterocycles. The summed E-state index contributed by atoms with van der Waals surface area (Å²) in [7, 11) is 0. The number of phenolic OH excluding ortho intramolecular Hbond substituents is 1. The number of para-hydroxylation sites is 1. The molecule has 0 radical (unpaired) electrons. The van der Waals surface area contributed by atoms with Crippen LogP contribution in [0.1, 0.15) is 5.56 Å². The predicted octanol–water partition coefficient (Wildman–Crippen LogP) is 2.33. The summed E-state index contributed by atoms with van der Waals surface area (Å²) >= 11 is 0. The number of piperazine rings is 1. The van der Waals surface area contributed by atoms with Gasteiger partial charge in [-0.1, -0.05) is 42.5 Å². The topological polar surface area (TPSA) is 96.5 Å². The van der Waals surface area contributed by atoms with Gasteiger partial charge in [0.2, 0.25) is 0 Å². The van der Waals surface area contributed by atoms with Crippen molar-refractivity contribution >= 4 is 5.82 Å². The first-order valence-corrected chi connectivity index (χ1v) is 10.2. The van der Waals surface area contributed by atoms with Crippen LogP contribution in [0.4, 0.5) is 5.82 Å². The van der Waals surface area contributed by atoms with Gasteiger partial charge in [-0.2, -0.15) is 0 Å². The minimum absolute atomic E-state index is 0.0887. The molecule has 0 saturated carbocycles. The highest BCUT2D eigenvalue weighted by molar-refractivity contribution is 5.68. The van der Waals surface area contributed by atoms with Crippen LogP contribution in [-0.2, 0) is 6.42 Å². The summed E-state index contributed by atoms with van der Waals surface area (Å²) in [4.78, 5) is 2.40. The third-order valence-corrected chi connectivity index (χ3v) is 5.24. The van der Waals surface area contributed by atoms with Crippen molar-refractivity contribution in [2.45, 2.75) is 12.5 Å². The average molecular weight is 406 g/mol. The lowest BCUT2D eigenvalue weighted by Crippen LogP contribution is -2.47. The highest BCUT2D eigenvalue weighted by Gasteiger charge is 2.20. The predicted molar refractivity (Wildman–Crippen MR) is 117 cm³/mol. The van der Waals surface area contributed by atoms with E-state index in [9.17, 15) is 5.11 Å². The Balaban J connectivity index is 1.58. The zero-order valence-corrected chi connectivity index (χ0v) is 16.9. The van der Waals surface area contributed by atoms with Crippen LogP contribution in [0, 0.1) is 0 Å². The lowest BCUT2D eigenvalue weighted by atomic mass is 10.1. The van der Waals surface area contributed by atoms with Gasteiger partial charge in [0.15, 0.2) is 11.6 Å². The first-order valence-electron chi connectivity index (χ1n) is 10.2. The van der Waals surface area contributed by atoms with Crippen LogP contribution in [0.2, 0.25) is 0 Å². The van der Waals surface area contributed by atoms with Crippen molar-refractivity contribution in [3.63, 3.8) is 0 Å². The largest absolute Gasteiger partial charge is 0.507 e. The summed E-state index contributed by atoms with van der Waals surface area (Å²) in [6.07, 6.45) is 0.674. The Hall–Kier alpha value is -3.16. The van der Waals surface area contributed by atoms with Gasteiger partial charge >= 0.3 is 0 Å². The lowest BCUT2D eigenvalue weighted by Gasteiger charge is -2.31. The van der Waals surface area contributed by atoms with E-state index in [4.69, 9.17) is 10.5 Å². The van der Waals surface area contributed by atoms with E-state index in [2.05, 4.69) is 32.5 Å². The van der Waals surface area contributed by atoms with E-state index in [0.29, 0.717) is 17.0 Å². The molecule has 0 aliphatic carbocycles. The summed E-state index contributed by atoms with van der Waals surface area (Å²) in [5, 5.41) is 21.8. The lowest BCUT2D eigenvalue weighted by molar-refractivity contribution is 0.123. The van der Waals surface area contributed by atoms with Crippen molar-refractivity contribution in [2.75, 3.05) is 38.5 Å². The van der Waals surface area contributed by atoms with Crippen LogP contribution >= 0.6 is 0 Å². The van der Waals surface area contributed by atoms with E-state index in [1.54, 1.807) is 24.3 Å².